The molecule has 0 amide bonds. The first-order chi connectivity index (χ1) is 23.9. The van der Waals surface area contributed by atoms with E-state index in [1.165, 1.54) is 209 Å². The molecule has 0 N–H and O–H groups in total. The van der Waals surface area contributed by atoms with Gasteiger partial charge in [0.25, 0.3) is 0 Å². The molecule has 0 spiro atoms. The molecule has 0 aliphatic heterocycles. The Balaban J connectivity index is -0.000000630. The second-order valence-corrected chi connectivity index (χ2v) is 22.9. The van der Waals surface area contributed by atoms with E-state index in [1.54, 1.807) is 0 Å². The summed E-state index contributed by atoms with van der Waals surface area (Å²) in [5.41, 5.74) is 0. The Morgan fingerprint density at radius 1 is 0.353 bits per heavy atom. The van der Waals surface area contributed by atoms with Crippen molar-refractivity contribution in [2.75, 3.05) is 52.4 Å². The SMILES string of the molecule is CCCC[N+](CCCC)(CCCC)CCCC.CCCC[N+](CCCC)(CCCC)CCCC.S=c1sc(S)c(S)s1.S=c1sc(S)c(S)s1.[Pd]. The van der Waals surface area contributed by atoms with Crippen molar-refractivity contribution in [1.82, 2.24) is 0 Å². The third kappa shape index (κ3) is 30.3. The van der Waals surface area contributed by atoms with E-state index < -0.39 is 0 Å². The van der Waals surface area contributed by atoms with Crippen LogP contribution in [0.1, 0.15) is 158 Å². The fraction of sp³-hybridized carbons (Fsp3) is 0.842. The minimum atomic E-state index is 0. The predicted octanol–water partition coefficient (Wildman–Crippen LogP) is 16.2. The molecule has 51 heavy (non-hydrogen) atoms. The van der Waals surface area contributed by atoms with Gasteiger partial charge < -0.3 is 8.97 Å². The van der Waals surface area contributed by atoms with E-state index in [-0.39, 0.29) is 20.4 Å². The third-order valence-corrected chi connectivity index (χ3v) is 16.4. The van der Waals surface area contributed by atoms with Gasteiger partial charge in [-0.1, -0.05) is 131 Å². The summed E-state index contributed by atoms with van der Waals surface area (Å²) in [5, 5.41) is 0. The molecule has 0 unspecified atom stereocenters. The predicted molar refractivity (Wildman–Crippen MR) is 254 cm³/mol. The molecule has 0 aromatic carbocycles. The smallest absolute Gasteiger partial charge is 0.145 e. The Labute approximate surface area is 379 Å². The van der Waals surface area contributed by atoms with Crippen LogP contribution in [0.4, 0.5) is 0 Å². The first kappa shape index (κ1) is 57.8. The van der Waals surface area contributed by atoms with E-state index in [4.69, 9.17) is 24.4 Å². The van der Waals surface area contributed by atoms with Gasteiger partial charge in [-0.05, 0) is 51.4 Å². The van der Waals surface area contributed by atoms with Gasteiger partial charge in [0, 0.05) is 20.4 Å². The minimum Gasteiger partial charge on any atom is -0.324 e. The number of quaternary nitrogens is 2. The summed E-state index contributed by atoms with van der Waals surface area (Å²) in [7, 11) is 0. The van der Waals surface area contributed by atoms with Gasteiger partial charge in [-0.2, -0.15) is 0 Å². The van der Waals surface area contributed by atoms with E-state index in [9.17, 15) is 0 Å². The average Bonchev–Trinajstić information content (AvgIpc) is 3.57. The van der Waals surface area contributed by atoms with Crippen LogP contribution in [0.3, 0.4) is 0 Å². The third-order valence-electron chi connectivity index (χ3n) is 8.97. The number of thiol groups is 4. The summed E-state index contributed by atoms with van der Waals surface area (Å²) in [5.74, 6) is 0. The Bertz CT molecular complexity index is 936. The van der Waals surface area contributed by atoms with Crippen molar-refractivity contribution in [2.24, 2.45) is 0 Å². The minimum absolute atomic E-state index is 0. The second-order valence-electron chi connectivity index (χ2n) is 13.4. The van der Waals surface area contributed by atoms with Crippen LogP contribution in [0.15, 0.2) is 16.8 Å². The van der Waals surface area contributed by atoms with Crippen molar-refractivity contribution < 1.29 is 29.4 Å². The van der Waals surface area contributed by atoms with Gasteiger partial charge >= 0.3 is 0 Å². The summed E-state index contributed by atoms with van der Waals surface area (Å²) in [6, 6.07) is 0. The Morgan fingerprint density at radius 3 is 0.569 bits per heavy atom. The zero-order chi connectivity index (χ0) is 38.3. The summed E-state index contributed by atoms with van der Waals surface area (Å²) < 4.78 is 8.30. The number of rotatable bonds is 24. The van der Waals surface area contributed by atoms with E-state index in [1.807, 2.05) is 0 Å². The molecule has 0 bridgehead atoms. The Morgan fingerprint density at radius 2 is 0.490 bits per heavy atom. The van der Waals surface area contributed by atoms with Gasteiger partial charge in [0.2, 0.25) is 0 Å². The fourth-order valence-corrected chi connectivity index (χ4v) is 12.8. The fourth-order valence-electron chi connectivity index (χ4n) is 5.82. The van der Waals surface area contributed by atoms with E-state index in [0.717, 1.165) is 23.1 Å². The summed E-state index contributed by atoms with van der Waals surface area (Å²) in [6.07, 6.45) is 22.1. The molecule has 2 nitrogen and oxygen atoms in total. The molecule has 2 aromatic rings. The zero-order valence-corrected chi connectivity index (χ0v) is 43.5. The van der Waals surface area contributed by atoms with E-state index in [2.05, 4.69) is 106 Å². The largest absolute Gasteiger partial charge is 0.324 e. The maximum atomic E-state index is 4.86. The molecule has 0 aliphatic carbocycles. The summed E-state index contributed by atoms with van der Waals surface area (Å²) in [6.45, 7) is 30.0. The number of nitrogens with zero attached hydrogens (tertiary/aromatic N) is 2. The Kier molecular flexibility index (Phi) is 43.2. The standard InChI is InChI=1S/2C16H36N.2C3H2S5.Pd/c2*1-5-9-13-17(14-10-6-2,15-11-7-3)16-12-8-4;2*4-1-2(5)8-3(6)7-1;/h2*5-16H2,1-4H3;2*4-5H;/q2*+1;;;. The molecule has 2 aromatic heterocycles. The first-order valence-electron chi connectivity index (χ1n) is 19.6. The number of hydrogen-bond acceptors (Lipinski definition) is 10. The zero-order valence-electron chi connectivity index (χ0n) is 33.4. The van der Waals surface area contributed by atoms with Gasteiger partial charge in [-0.25, -0.2) is 0 Å². The molecule has 0 saturated heterocycles. The molecule has 0 saturated carbocycles. The molecule has 0 fully saturated rings. The van der Waals surface area contributed by atoms with E-state index in [0.29, 0.717) is 0 Å². The van der Waals surface area contributed by atoms with Crippen LogP contribution >= 0.6 is 120 Å². The number of hydrogen-bond donors (Lipinski definition) is 4. The van der Waals surface area contributed by atoms with Crippen molar-refractivity contribution >= 4 is 120 Å². The van der Waals surface area contributed by atoms with Crippen LogP contribution in [0.5, 0.6) is 0 Å². The quantitative estimate of drug-likeness (QED) is 0.0358. The molecule has 0 atom stereocenters. The maximum Gasteiger partial charge on any atom is 0.145 e. The van der Waals surface area contributed by atoms with Gasteiger partial charge in [0.1, 0.15) is 6.28 Å². The van der Waals surface area contributed by atoms with Crippen LogP contribution in [0.2, 0.25) is 0 Å². The monoisotopic (exact) mass is 986 g/mol. The van der Waals surface area contributed by atoms with Crippen molar-refractivity contribution in [3.05, 3.63) is 6.28 Å². The molecule has 306 valence electrons. The van der Waals surface area contributed by atoms with Crippen molar-refractivity contribution in [3.8, 4) is 0 Å². The van der Waals surface area contributed by atoms with Crippen molar-refractivity contribution in [1.29, 1.82) is 0 Å². The van der Waals surface area contributed by atoms with Crippen LogP contribution in [-0.2, 0) is 20.4 Å². The summed E-state index contributed by atoms with van der Waals surface area (Å²) in [4.78, 5) is 0. The topological polar surface area (TPSA) is 0 Å². The average molecular weight is 988 g/mol. The molecule has 2 rings (SSSR count). The molecule has 0 radical (unpaired) electrons. The maximum absolute atomic E-state index is 4.86. The second kappa shape index (κ2) is 38.1. The molecule has 2 heterocycles. The van der Waals surface area contributed by atoms with Gasteiger partial charge in [-0.15, -0.1) is 95.9 Å². The van der Waals surface area contributed by atoms with Gasteiger partial charge in [0.15, 0.2) is 0 Å². The number of unbranched alkanes of at least 4 members (excludes halogenated alkanes) is 8. The normalized spacial score (nSPS) is 11.1. The molecule has 0 aliphatic rings. The molecular formula is C38H76N2PdS10+2. The van der Waals surface area contributed by atoms with Gasteiger partial charge in [0.05, 0.1) is 69.2 Å². The van der Waals surface area contributed by atoms with Crippen LogP contribution in [0.25, 0.3) is 0 Å². The summed E-state index contributed by atoms with van der Waals surface area (Å²) >= 11 is 32.1. The van der Waals surface area contributed by atoms with Crippen LogP contribution in [-0.4, -0.2) is 61.3 Å². The molecule has 13 heteroatoms. The van der Waals surface area contributed by atoms with Crippen LogP contribution in [0, 0.1) is 6.28 Å². The molecular weight excluding hydrogens is 912 g/mol. The first-order valence-corrected chi connectivity index (χ1v) is 25.5. The van der Waals surface area contributed by atoms with E-state index >= 15 is 0 Å². The van der Waals surface area contributed by atoms with Crippen molar-refractivity contribution in [2.45, 2.75) is 175 Å². The van der Waals surface area contributed by atoms with Crippen LogP contribution < -0.4 is 0 Å². The van der Waals surface area contributed by atoms with Gasteiger partial charge in [-0.3, -0.25) is 0 Å². The van der Waals surface area contributed by atoms with Crippen molar-refractivity contribution in [3.63, 3.8) is 0 Å². The Hall–Kier alpha value is 2.52.